The SMILES string of the molecule is Cc1nn(C)c(C)c1C(=O)N1CCC(Cn2c(C)cnc2-c2ccncc2)C1. The van der Waals surface area contributed by atoms with Gasteiger partial charge in [0.1, 0.15) is 5.82 Å². The van der Waals surface area contributed by atoms with Crippen LogP contribution >= 0.6 is 0 Å². The van der Waals surface area contributed by atoms with Gasteiger partial charge in [0.2, 0.25) is 0 Å². The fourth-order valence-corrected chi connectivity index (χ4v) is 4.09. The summed E-state index contributed by atoms with van der Waals surface area (Å²) in [5.41, 5.74) is 4.68. The summed E-state index contributed by atoms with van der Waals surface area (Å²) in [5, 5.41) is 4.39. The molecule has 0 aliphatic carbocycles. The van der Waals surface area contributed by atoms with E-state index in [2.05, 4.69) is 26.6 Å². The number of pyridine rings is 1. The van der Waals surface area contributed by atoms with E-state index in [0.29, 0.717) is 5.92 Å². The van der Waals surface area contributed by atoms with Crippen LogP contribution in [0, 0.1) is 26.7 Å². The van der Waals surface area contributed by atoms with Gasteiger partial charge in [-0.2, -0.15) is 5.10 Å². The number of rotatable bonds is 4. The van der Waals surface area contributed by atoms with Gasteiger partial charge in [0.15, 0.2) is 0 Å². The van der Waals surface area contributed by atoms with Gasteiger partial charge in [-0.05, 0) is 45.2 Å². The Morgan fingerprint density at radius 1 is 1.21 bits per heavy atom. The van der Waals surface area contributed by atoms with Gasteiger partial charge in [-0.3, -0.25) is 14.5 Å². The third kappa shape index (κ3) is 3.21. The molecule has 1 aliphatic rings. The van der Waals surface area contributed by atoms with Gasteiger partial charge in [-0.25, -0.2) is 4.98 Å². The van der Waals surface area contributed by atoms with Crippen molar-refractivity contribution in [2.45, 2.75) is 33.7 Å². The molecule has 0 radical (unpaired) electrons. The molecule has 146 valence electrons. The molecule has 1 saturated heterocycles. The monoisotopic (exact) mass is 378 g/mol. The molecule has 0 spiro atoms. The Morgan fingerprint density at radius 3 is 2.64 bits per heavy atom. The fourth-order valence-electron chi connectivity index (χ4n) is 4.09. The summed E-state index contributed by atoms with van der Waals surface area (Å²) in [6.07, 6.45) is 6.49. The van der Waals surface area contributed by atoms with Gasteiger partial charge < -0.3 is 9.47 Å². The maximum absolute atomic E-state index is 13.1. The Labute approximate surface area is 165 Å². The van der Waals surface area contributed by atoms with E-state index < -0.39 is 0 Å². The Morgan fingerprint density at radius 2 is 1.96 bits per heavy atom. The van der Waals surface area contributed by atoms with Gasteiger partial charge in [0.25, 0.3) is 5.91 Å². The van der Waals surface area contributed by atoms with Crippen LogP contribution in [-0.2, 0) is 13.6 Å². The zero-order valence-electron chi connectivity index (χ0n) is 16.9. The van der Waals surface area contributed by atoms with E-state index in [9.17, 15) is 4.79 Å². The quantitative estimate of drug-likeness (QED) is 0.700. The highest BCUT2D eigenvalue weighted by molar-refractivity contribution is 5.96. The Balaban J connectivity index is 1.50. The van der Waals surface area contributed by atoms with Crippen LogP contribution in [-0.4, -0.2) is 48.2 Å². The number of hydrogen-bond donors (Lipinski definition) is 0. The van der Waals surface area contributed by atoms with Gasteiger partial charge in [-0.1, -0.05) is 0 Å². The lowest BCUT2D eigenvalue weighted by Gasteiger charge is -2.18. The van der Waals surface area contributed by atoms with E-state index >= 15 is 0 Å². The molecule has 1 unspecified atom stereocenters. The van der Waals surface area contributed by atoms with Crippen LogP contribution < -0.4 is 0 Å². The second kappa shape index (κ2) is 7.22. The van der Waals surface area contributed by atoms with Gasteiger partial charge >= 0.3 is 0 Å². The summed E-state index contributed by atoms with van der Waals surface area (Å²) in [7, 11) is 1.88. The zero-order valence-corrected chi connectivity index (χ0v) is 16.9. The van der Waals surface area contributed by atoms with Crippen LogP contribution in [0.25, 0.3) is 11.4 Å². The first-order valence-corrected chi connectivity index (χ1v) is 9.67. The molecule has 1 fully saturated rings. The number of imidazole rings is 1. The van der Waals surface area contributed by atoms with Crippen molar-refractivity contribution in [2.24, 2.45) is 13.0 Å². The van der Waals surface area contributed by atoms with Crippen LogP contribution in [0.15, 0.2) is 30.7 Å². The number of aryl methyl sites for hydroxylation is 3. The third-order valence-corrected chi connectivity index (χ3v) is 5.73. The third-order valence-electron chi connectivity index (χ3n) is 5.73. The van der Waals surface area contributed by atoms with Crippen molar-refractivity contribution in [1.82, 2.24) is 29.2 Å². The van der Waals surface area contributed by atoms with Crippen LogP contribution in [0.3, 0.4) is 0 Å². The molecule has 7 heteroatoms. The maximum atomic E-state index is 13.1. The Bertz CT molecular complexity index is 1000. The molecule has 0 N–H and O–H groups in total. The highest BCUT2D eigenvalue weighted by Gasteiger charge is 2.30. The topological polar surface area (TPSA) is 68.8 Å². The van der Waals surface area contributed by atoms with Crippen molar-refractivity contribution in [2.75, 3.05) is 13.1 Å². The molecule has 0 bridgehead atoms. The van der Waals surface area contributed by atoms with Crippen LogP contribution in [0.2, 0.25) is 0 Å². The largest absolute Gasteiger partial charge is 0.338 e. The van der Waals surface area contributed by atoms with Gasteiger partial charge in [-0.15, -0.1) is 0 Å². The smallest absolute Gasteiger partial charge is 0.257 e. The van der Waals surface area contributed by atoms with Crippen LogP contribution in [0.5, 0.6) is 0 Å². The van der Waals surface area contributed by atoms with Crippen molar-refractivity contribution in [3.63, 3.8) is 0 Å². The number of likely N-dealkylation sites (tertiary alicyclic amines) is 1. The van der Waals surface area contributed by atoms with Crippen molar-refractivity contribution in [3.8, 4) is 11.4 Å². The van der Waals surface area contributed by atoms with Gasteiger partial charge in [0.05, 0.1) is 11.3 Å². The lowest BCUT2D eigenvalue weighted by Crippen LogP contribution is -2.30. The molecular formula is C21H26N6O. The summed E-state index contributed by atoms with van der Waals surface area (Å²) in [5.74, 6) is 1.47. The summed E-state index contributed by atoms with van der Waals surface area (Å²) < 4.78 is 4.04. The van der Waals surface area contributed by atoms with Crippen molar-refractivity contribution >= 4 is 5.91 Å². The first-order chi connectivity index (χ1) is 13.5. The molecule has 0 aromatic carbocycles. The molecule has 3 aromatic rings. The molecule has 4 rings (SSSR count). The van der Waals surface area contributed by atoms with Crippen LogP contribution in [0.4, 0.5) is 0 Å². The highest BCUT2D eigenvalue weighted by Crippen LogP contribution is 2.26. The first-order valence-electron chi connectivity index (χ1n) is 9.67. The van der Waals surface area contributed by atoms with Gasteiger partial charge in [0, 0.05) is 62.2 Å². The maximum Gasteiger partial charge on any atom is 0.257 e. The average Bonchev–Trinajstić information content (AvgIpc) is 3.36. The van der Waals surface area contributed by atoms with E-state index in [1.807, 2.05) is 44.1 Å². The molecule has 0 saturated carbocycles. The van der Waals surface area contributed by atoms with Crippen molar-refractivity contribution < 1.29 is 4.79 Å². The summed E-state index contributed by atoms with van der Waals surface area (Å²) in [6.45, 7) is 8.35. The number of nitrogens with zero attached hydrogens (tertiary/aromatic N) is 6. The molecule has 4 heterocycles. The number of amides is 1. The molecule has 1 atom stereocenters. The van der Waals surface area contributed by atoms with Crippen LogP contribution in [0.1, 0.15) is 33.9 Å². The Hall–Kier alpha value is -2.96. The van der Waals surface area contributed by atoms with Crippen molar-refractivity contribution in [1.29, 1.82) is 0 Å². The zero-order chi connectivity index (χ0) is 19.8. The summed E-state index contributed by atoms with van der Waals surface area (Å²) >= 11 is 0. The normalized spacial score (nSPS) is 16.7. The molecule has 1 aliphatic heterocycles. The first kappa shape index (κ1) is 18.4. The number of hydrogen-bond acceptors (Lipinski definition) is 4. The lowest BCUT2D eigenvalue weighted by molar-refractivity contribution is 0.0784. The van der Waals surface area contributed by atoms with E-state index in [1.165, 1.54) is 0 Å². The summed E-state index contributed by atoms with van der Waals surface area (Å²) in [6, 6.07) is 3.97. The van der Waals surface area contributed by atoms with Crippen molar-refractivity contribution in [3.05, 3.63) is 53.4 Å². The molecule has 28 heavy (non-hydrogen) atoms. The molecular weight excluding hydrogens is 352 g/mol. The second-order valence-electron chi connectivity index (χ2n) is 7.64. The second-order valence-corrected chi connectivity index (χ2v) is 7.64. The predicted octanol–water partition coefficient (Wildman–Crippen LogP) is 2.77. The Kier molecular flexibility index (Phi) is 4.75. The lowest BCUT2D eigenvalue weighted by atomic mass is 10.1. The number of carbonyl (C=O) groups excluding carboxylic acids is 1. The minimum atomic E-state index is 0.0994. The van der Waals surface area contributed by atoms with E-state index in [4.69, 9.17) is 0 Å². The molecule has 1 amide bonds. The minimum absolute atomic E-state index is 0.0994. The molecule has 7 nitrogen and oxygen atoms in total. The predicted molar refractivity (Wildman–Crippen MR) is 107 cm³/mol. The fraction of sp³-hybridized carbons (Fsp3) is 0.429. The standard InChI is InChI=1S/C21H26N6O/c1-14-11-23-20(18-5-8-22-9-6-18)27(14)13-17-7-10-26(12-17)21(28)19-15(2)24-25(4)16(19)3/h5-6,8-9,11,17H,7,10,12-13H2,1-4H3. The molecule has 3 aromatic heterocycles. The average molecular weight is 378 g/mol. The highest BCUT2D eigenvalue weighted by atomic mass is 16.2. The van der Waals surface area contributed by atoms with E-state index in [1.54, 1.807) is 17.1 Å². The number of carbonyl (C=O) groups is 1. The number of aromatic nitrogens is 5. The summed E-state index contributed by atoms with van der Waals surface area (Å²) in [4.78, 5) is 23.7. The van der Waals surface area contributed by atoms with E-state index in [0.717, 1.165) is 60.1 Å². The minimum Gasteiger partial charge on any atom is -0.338 e. The van der Waals surface area contributed by atoms with E-state index in [-0.39, 0.29) is 5.91 Å².